The molecule has 0 radical (unpaired) electrons. The van der Waals surface area contributed by atoms with E-state index in [1.165, 1.54) is 6.08 Å². The molecule has 2 heterocycles. The van der Waals surface area contributed by atoms with Gasteiger partial charge in [-0.25, -0.2) is 4.79 Å². The van der Waals surface area contributed by atoms with E-state index < -0.39 is 12.1 Å². The molecule has 1 atom stereocenters. The minimum Gasteiger partial charge on any atom is -0.448 e. The molecule has 0 fully saturated rings. The number of nitrogens with zero attached hydrogens (tertiary/aromatic N) is 3. The molecular weight excluding hydrogens is 326 g/mol. The quantitative estimate of drug-likeness (QED) is 0.521. The van der Waals surface area contributed by atoms with Crippen molar-refractivity contribution in [2.45, 2.75) is 20.0 Å². The lowest BCUT2D eigenvalue weighted by Crippen LogP contribution is -2.12. The van der Waals surface area contributed by atoms with E-state index in [0.717, 1.165) is 22.5 Å². The Balaban J connectivity index is 1.83. The summed E-state index contributed by atoms with van der Waals surface area (Å²) in [5.41, 5.74) is 4.36. The van der Waals surface area contributed by atoms with Crippen molar-refractivity contribution in [1.29, 1.82) is 0 Å². The van der Waals surface area contributed by atoms with Gasteiger partial charge in [-0.1, -0.05) is 36.4 Å². The largest absolute Gasteiger partial charge is 0.448 e. The normalized spacial score (nSPS) is 12.3. The smallest absolute Gasteiger partial charge is 0.331 e. The first-order chi connectivity index (χ1) is 12.6. The molecule has 0 aliphatic carbocycles. The molecule has 0 saturated heterocycles. The van der Waals surface area contributed by atoms with Gasteiger partial charge in [0.2, 0.25) is 0 Å². The Morgan fingerprint density at radius 3 is 2.46 bits per heavy atom. The maximum absolute atomic E-state index is 12.4. The fourth-order valence-corrected chi connectivity index (χ4v) is 2.80. The van der Waals surface area contributed by atoms with Crippen LogP contribution >= 0.6 is 0 Å². The highest BCUT2D eigenvalue weighted by atomic mass is 16.5. The number of carbonyl (C=O) groups excluding carboxylic acids is 1. The first-order valence-corrected chi connectivity index (χ1v) is 8.41. The fraction of sp³-hybridized carbons (Fsp3) is 0.190. The van der Waals surface area contributed by atoms with Gasteiger partial charge in [0, 0.05) is 30.6 Å². The van der Waals surface area contributed by atoms with Crippen LogP contribution in [-0.2, 0) is 16.6 Å². The van der Waals surface area contributed by atoms with Crippen LogP contribution in [0.4, 0.5) is 0 Å². The van der Waals surface area contributed by atoms with Crippen LogP contribution in [-0.4, -0.2) is 20.7 Å². The molecular formula is C21H21N3O2. The molecule has 0 N–H and O–H groups in total. The van der Waals surface area contributed by atoms with Crippen molar-refractivity contribution in [3.63, 3.8) is 0 Å². The van der Waals surface area contributed by atoms with Crippen LogP contribution in [0.5, 0.6) is 0 Å². The number of ether oxygens (including phenoxy) is 1. The Kier molecular flexibility index (Phi) is 5.27. The number of hydrogen-bond donors (Lipinski definition) is 0. The number of aromatic nitrogens is 3. The lowest BCUT2D eigenvalue weighted by molar-refractivity contribution is -0.141. The summed E-state index contributed by atoms with van der Waals surface area (Å²) in [5.74, 6) is -0.424. The molecule has 5 nitrogen and oxygen atoms in total. The number of aryl methyl sites for hydroxylation is 2. The van der Waals surface area contributed by atoms with Gasteiger partial charge >= 0.3 is 5.97 Å². The average Bonchev–Trinajstić information content (AvgIpc) is 2.91. The van der Waals surface area contributed by atoms with E-state index >= 15 is 0 Å². The Labute approximate surface area is 153 Å². The second kappa shape index (κ2) is 7.78. The van der Waals surface area contributed by atoms with Gasteiger partial charge in [-0.05, 0) is 37.6 Å². The number of pyridine rings is 1. The van der Waals surface area contributed by atoms with E-state index in [1.807, 2.05) is 69.4 Å². The molecule has 0 bridgehead atoms. The van der Waals surface area contributed by atoms with Crippen molar-refractivity contribution in [2.75, 3.05) is 0 Å². The van der Waals surface area contributed by atoms with Gasteiger partial charge in [-0.15, -0.1) is 0 Å². The summed E-state index contributed by atoms with van der Waals surface area (Å²) < 4.78 is 7.51. The first-order valence-electron chi connectivity index (χ1n) is 8.41. The van der Waals surface area contributed by atoms with Gasteiger partial charge in [0.15, 0.2) is 6.10 Å². The molecule has 1 aromatic carbocycles. The molecule has 132 valence electrons. The number of benzene rings is 1. The summed E-state index contributed by atoms with van der Waals surface area (Å²) in [7, 11) is 1.88. The summed E-state index contributed by atoms with van der Waals surface area (Å²) in [4.78, 5) is 16.8. The highest BCUT2D eigenvalue weighted by Crippen LogP contribution is 2.24. The van der Waals surface area contributed by atoms with Crippen LogP contribution in [0.15, 0.2) is 60.8 Å². The number of esters is 1. The monoisotopic (exact) mass is 347 g/mol. The molecule has 3 rings (SSSR count). The molecule has 0 amide bonds. The zero-order chi connectivity index (χ0) is 18.5. The van der Waals surface area contributed by atoms with Crippen molar-refractivity contribution >= 4 is 12.0 Å². The lowest BCUT2D eigenvalue weighted by Gasteiger charge is -2.16. The second-order valence-corrected chi connectivity index (χ2v) is 6.02. The molecule has 0 aliphatic heterocycles. The molecule has 3 aromatic rings. The summed E-state index contributed by atoms with van der Waals surface area (Å²) in [5, 5.41) is 4.35. The molecule has 2 aromatic heterocycles. The minimum atomic E-state index is -0.550. The van der Waals surface area contributed by atoms with Gasteiger partial charge in [0.05, 0.1) is 11.4 Å². The van der Waals surface area contributed by atoms with Crippen LogP contribution < -0.4 is 0 Å². The molecule has 0 spiro atoms. The number of hydrogen-bond acceptors (Lipinski definition) is 4. The van der Waals surface area contributed by atoms with Crippen LogP contribution in [0.3, 0.4) is 0 Å². The first kappa shape index (κ1) is 17.6. The average molecular weight is 347 g/mol. The maximum atomic E-state index is 12.4. The number of carbonyl (C=O) groups is 1. The van der Waals surface area contributed by atoms with Crippen molar-refractivity contribution in [3.05, 3.63) is 89.0 Å². The van der Waals surface area contributed by atoms with Crippen molar-refractivity contribution < 1.29 is 9.53 Å². The molecule has 0 aliphatic rings. The Bertz CT molecular complexity index is 876. The van der Waals surface area contributed by atoms with Gasteiger partial charge in [0.25, 0.3) is 0 Å². The predicted molar refractivity (Wildman–Crippen MR) is 100 cm³/mol. The zero-order valence-corrected chi connectivity index (χ0v) is 15.1. The Hall–Kier alpha value is -3.21. The van der Waals surface area contributed by atoms with Crippen LogP contribution in [0, 0.1) is 13.8 Å². The van der Waals surface area contributed by atoms with Crippen LogP contribution in [0.25, 0.3) is 6.08 Å². The molecule has 26 heavy (non-hydrogen) atoms. The van der Waals surface area contributed by atoms with E-state index in [0.29, 0.717) is 5.69 Å². The van der Waals surface area contributed by atoms with Gasteiger partial charge in [-0.3, -0.25) is 9.67 Å². The zero-order valence-electron chi connectivity index (χ0n) is 15.1. The predicted octanol–water partition coefficient (Wildman–Crippen LogP) is 3.78. The highest BCUT2D eigenvalue weighted by Gasteiger charge is 2.19. The van der Waals surface area contributed by atoms with E-state index in [1.54, 1.807) is 17.0 Å². The summed E-state index contributed by atoms with van der Waals surface area (Å²) >= 11 is 0. The summed E-state index contributed by atoms with van der Waals surface area (Å²) in [6, 6.07) is 15.2. The SMILES string of the molecule is Cc1nn(C)c(C)c1/C=C\C(=O)O[C@@H](c1ccccc1)c1ccccn1. The van der Waals surface area contributed by atoms with Gasteiger partial charge < -0.3 is 4.74 Å². The van der Waals surface area contributed by atoms with Crippen molar-refractivity contribution in [3.8, 4) is 0 Å². The third-order valence-electron chi connectivity index (χ3n) is 4.24. The second-order valence-electron chi connectivity index (χ2n) is 6.02. The maximum Gasteiger partial charge on any atom is 0.331 e. The Morgan fingerprint density at radius 1 is 1.12 bits per heavy atom. The third-order valence-corrected chi connectivity index (χ3v) is 4.24. The van der Waals surface area contributed by atoms with Crippen LogP contribution in [0.2, 0.25) is 0 Å². The lowest BCUT2D eigenvalue weighted by atomic mass is 10.1. The summed E-state index contributed by atoms with van der Waals surface area (Å²) in [6.45, 7) is 3.88. The van der Waals surface area contributed by atoms with E-state index in [-0.39, 0.29) is 0 Å². The van der Waals surface area contributed by atoms with E-state index in [2.05, 4.69) is 10.1 Å². The Morgan fingerprint density at radius 2 is 1.85 bits per heavy atom. The topological polar surface area (TPSA) is 57.0 Å². The van der Waals surface area contributed by atoms with Gasteiger partial charge in [0.1, 0.15) is 0 Å². The standard InChI is InChI=1S/C21H21N3O2/c1-15-18(16(2)24(3)23-15)12-13-20(25)26-21(17-9-5-4-6-10-17)19-11-7-8-14-22-19/h4-14,21H,1-3H3/b13-12-/t21-/m0/s1. The van der Waals surface area contributed by atoms with Crippen molar-refractivity contribution in [2.24, 2.45) is 7.05 Å². The molecule has 0 saturated carbocycles. The van der Waals surface area contributed by atoms with Gasteiger partial charge in [-0.2, -0.15) is 5.10 Å². The molecule has 5 heteroatoms. The summed E-state index contributed by atoms with van der Waals surface area (Å²) in [6.07, 6.45) is 4.33. The molecule has 0 unspecified atom stereocenters. The van der Waals surface area contributed by atoms with Crippen molar-refractivity contribution in [1.82, 2.24) is 14.8 Å². The number of rotatable bonds is 5. The minimum absolute atomic E-state index is 0.424. The van der Waals surface area contributed by atoms with E-state index in [4.69, 9.17) is 4.74 Å². The fourth-order valence-electron chi connectivity index (χ4n) is 2.80. The highest BCUT2D eigenvalue weighted by molar-refractivity contribution is 5.87. The van der Waals surface area contributed by atoms with E-state index in [9.17, 15) is 4.79 Å². The van der Waals surface area contributed by atoms with Crippen LogP contribution in [0.1, 0.15) is 34.3 Å². The third kappa shape index (κ3) is 3.88.